The minimum absolute atomic E-state index is 0.0248. The molecule has 4 rings (SSSR count). The summed E-state index contributed by atoms with van der Waals surface area (Å²) in [6.07, 6.45) is 5.33. The van der Waals surface area contributed by atoms with Gasteiger partial charge in [0.05, 0.1) is 17.2 Å². The van der Waals surface area contributed by atoms with Crippen LogP contribution in [0.25, 0.3) is 0 Å². The number of para-hydroxylation sites is 2. The Morgan fingerprint density at radius 2 is 1.59 bits per heavy atom. The third-order valence-corrected chi connectivity index (χ3v) is 10.1. The highest BCUT2D eigenvalue weighted by Crippen LogP contribution is 2.33. The number of halogens is 2. The number of hydrogen-bond acceptors (Lipinski definition) is 5. The molecule has 11 heteroatoms. The Bertz CT molecular complexity index is 1530. The van der Waals surface area contributed by atoms with Gasteiger partial charge in [0.25, 0.3) is 10.0 Å². The second kappa shape index (κ2) is 15.6. The van der Waals surface area contributed by atoms with Gasteiger partial charge in [-0.3, -0.25) is 13.9 Å². The molecule has 0 heterocycles. The lowest BCUT2D eigenvalue weighted by molar-refractivity contribution is -0.140. The first-order valence-electron chi connectivity index (χ1n) is 15.0. The molecule has 44 heavy (non-hydrogen) atoms. The van der Waals surface area contributed by atoms with Crippen molar-refractivity contribution in [3.8, 4) is 5.75 Å². The van der Waals surface area contributed by atoms with Crippen LogP contribution in [0.2, 0.25) is 10.0 Å². The van der Waals surface area contributed by atoms with Gasteiger partial charge in [0.2, 0.25) is 11.8 Å². The summed E-state index contributed by atoms with van der Waals surface area (Å²) >= 11 is 12.6. The first-order chi connectivity index (χ1) is 21.1. The maximum absolute atomic E-state index is 14.4. The van der Waals surface area contributed by atoms with E-state index in [4.69, 9.17) is 27.9 Å². The van der Waals surface area contributed by atoms with Crippen LogP contribution in [0.5, 0.6) is 5.75 Å². The van der Waals surface area contributed by atoms with Gasteiger partial charge in [0, 0.05) is 22.6 Å². The summed E-state index contributed by atoms with van der Waals surface area (Å²) in [5.41, 5.74) is 0.850. The van der Waals surface area contributed by atoms with Crippen molar-refractivity contribution < 1.29 is 22.7 Å². The van der Waals surface area contributed by atoms with Crippen molar-refractivity contribution in [1.82, 2.24) is 10.2 Å². The summed E-state index contributed by atoms with van der Waals surface area (Å²) in [4.78, 5) is 29.5. The van der Waals surface area contributed by atoms with Crippen LogP contribution in [0.3, 0.4) is 0 Å². The normalized spacial score (nSPS) is 14.5. The molecule has 236 valence electrons. The molecule has 1 fully saturated rings. The summed E-state index contributed by atoms with van der Waals surface area (Å²) in [6, 6.07) is 18.7. The molecule has 2 amide bonds. The summed E-state index contributed by atoms with van der Waals surface area (Å²) in [7, 11) is -4.28. The lowest BCUT2D eigenvalue weighted by atomic mass is 9.95. The highest BCUT2D eigenvalue weighted by atomic mass is 35.5. The van der Waals surface area contributed by atoms with Gasteiger partial charge >= 0.3 is 0 Å². The van der Waals surface area contributed by atoms with E-state index in [1.807, 2.05) is 13.0 Å². The molecule has 1 N–H and O–H groups in total. The molecule has 1 aliphatic rings. The summed E-state index contributed by atoms with van der Waals surface area (Å²) in [5, 5.41) is 3.97. The zero-order chi connectivity index (χ0) is 31.7. The van der Waals surface area contributed by atoms with Crippen LogP contribution in [0.15, 0.2) is 77.7 Å². The van der Waals surface area contributed by atoms with E-state index in [1.165, 1.54) is 29.2 Å². The first kappa shape index (κ1) is 33.6. The van der Waals surface area contributed by atoms with Crippen molar-refractivity contribution in [2.45, 2.75) is 75.9 Å². The van der Waals surface area contributed by atoms with Gasteiger partial charge in [-0.1, -0.05) is 79.7 Å². The number of ether oxygens (including phenoxy) is 1. The number of carbonyl (C=O) groups excluding carboxylic acids is 2. The number of nitrogens with zero attached hydrogens (tertiary/aromatic N) is 2. The lowest BCUT2D eigenvalue weighted by Crippen LogP contribution is -2.54. The van der Waals surface area contributed by atoms with Gasteiger partial charge in [0.15, 0.2) is 0 Å². The van der Waals surface area contributed by atoms with E-state index in [-0.39, 0.29) is 35.7 Å². The van der Waals surface area contributed by atoms with Crippen LogP contribution >= 0.6 is 23.2 Å². The number of carbonyl (C=O) groups is 2. The molecule has 3 aromatic carbocycles. The van der Waals surface area contributed by atoms with Crippen LogP contribution < -0.4 is 14.4 Å². The van der Waals surface area contributed by atoms with Gasteiger partial charge in [-0.05, 0) is 74.2 Å². The molecular weight excluding hydrogens is 621 g/mol. The van der Waals surface area contributed by atoms with E-state index in [0.717, 1.165) is 36.4 Å². The van der Waals surface area contributed by atoms with Gasteiger partial charge in [-0.25, -0.2) is 8.42 Å². The molecule has 0 radical (unpaired) electrons. The molecular formula is C33H39Cl2N3O5S. The van der Waals surface area contributed by atoms with E-state index < -0.39 is 28.5 Å². The average Bonchev–Trinajstić information content (AvgIpc) is 3.02. The Kier molecular flexibility index (Phi) is 11.9. The molecule has 0 aromatic heterocycles. The van der Waals surface area contributed by atoms with Crippen LogP contribution in [0.1, 0.15) is 57.9 Å². The topological polar surface area (TPSA) is 96.0 Å². The molecule has 0 bridgehead atoms. The summed E-state index contributed by atoms with van der Waals surface area (Å²) in [6.45, 7) is 3.37. The zero-order valence-corrected chi connectivity index (χ0v) is 27.4. The monoisotopic (exact) mass is 659 g/mol. The highest BCUT2D eigenvalue weighted by molar-refractivity contribution is 7.92. The molecule has 8 nitrogen and oxygen atoms in total. The molecule has 0 unspecified atom stereocenters. The van der Waals surface area contributed by atoms with Crippen molar-refractivity contribution >= 4 is 50.7 Å². The molecule has 0 aliphatic heterocycles. The second-order valence-corrected chi connectivity index (χ2v) is 13.5. The Morgan fingerprint density at radius 3 is 2.25 bits per heavy atom. The summed E-state index contributed by atoms with van der Waals surface area (Å²) < 4.78 is 35.1. The van der Waals surface area contributed by atoms with Crippen molar-refractivity contribution in [3.05, 3.63) is 88.4 Å². The predicted octanol–water partition coefficient (Wildman–Crippen LogP) is 6.84. The van der Waals surface area contributed by atoms with Gasteiger partial charge in [-0.15, -0.1) is 0 Å². The largest absolute Gasteiger partial charge is 0.492 e. The molecule has 3 aromatic rings. The minimum atomic E-state index is -4.28. The van der Waals surface area contributed by atoms with Gasteiger partial charge < -0.3 is 15.0 Å². The number of rotatable bonds is 13. The van der Waals surface area contributed by atoms with Gasteiger partial charge in [-0.2, -0.15) is 0 Å². The number of sulfonamides is 1. The third-order valence-electron chi connectivity index (χ3n) is 7.75. The van der Waals surface area contributed by atoms with Crippen LogP contribution in [0, 0.1) is 0 Å². The standard InChI is InChI=1S/C33H39Cl2N3O5S/c1-3-29(33(40)36-26-13-6-5-7-14-26)37(22-24-12-8-9-15-28(24)35)32(39)23-38(30-16-10-11-17-31(30)43-4-2)44(41,42)27-20-18-25(34)19-21-27/h8-12,15-21,26,29H,3-7,13-14,22-23H2,1-2H3,(H,36,40)/t29-/m1/s1. The van der Waals surface area contributed by atoms with E-state index in [9.17, 15) is 18.0 Å². The molecule has 1 saturated carbocycles. The number of benzene rings is 3. The van der Waals surface area contributed by atoms with E-state index in [0.29, 0.717) is 27.8 Å². The molecule has 1 aliphatic carbocycles. The number of nitrogens with one attached hydrogen (secondary N) is 1. The molecule has 0 saturated heterocycles. The fourth-order valence-corrected chi connectivity index (χ4v) is 7.21. The van der Waals surface area contributed by atoms with Gasteiger partial charge in [0.1, 0.15) is 18.3 Å². The fourth-order valence-electron chi connectivity index (χ4n) is 5.46. The SMILES string of the molecule is CCOc1ccccc1N(CC(=O)N(Cc1ccccc1Cl)[C@H](CC)C(=O)NC1CCCCC1)S(=O)(=O)c1ccc(Cl)cc1. The summed E-state index contributed by atoms with van der Waals surface area (Å²) in [5.74, 6) is -0.513. The Labute approximate surface area is 270 Å². The average molecular weight is 661 g/mol. The zero-order valence-electron chi connectivity index (χ0n) is 25.0. The van der Waals surface area contributed by atoms with Crippen LogP contribution in [-0.4, -0.2) is 50.4 Å². The second-order valence-electron chi connectivity index (χ2n) is 10.7. The minimum Gasteiger partial charge on any atom is -0.492 e. The van der Waals surface area contributed by atoms with Crippen molar-refractivity contribution in [3.63, 3.8) is 0 Å². The number of anilines is 1. The van der Waals surface area contributed by atoms with Crippen LogP contribution in [-0.2, 0) is 26.2 Å². The third kappa shape index (κ3) is 8.25. The fraction of sp³-hybridized carbons (Fsp3) is 0.394. The maximum atomic E-state index is 14.4. The van der Waals surface area contributed by atoms with Crippen LogP contribution in [0.4, 0.5) is 5.69 Å². The number of amides is 2. The maximum Gasteiger partial charge on any atom is 0.264 e. The Morgan fingerprint density at radius 1 is 0.932 bits per heavy atom. The highest BCUT2D eigenvalue weighted by Gasteiger charge is 2.35. The quantitative estimate of drug-likeness (QED) is 0.217. The van der Waals surface area contributed by atoms with Crippen molar-refractivity contribution in [1.29, 1.82) is 0 Å². The Balaban J connectivity index is 1.75. The van der Waals surface area contributed by atoms with E-state index >= 15 is 0 Å². The number of hydrogen-bond donors (Lipinski definition) is 1. The predicted molar refractivity (Wildman–Crippen MR) is 175 cm³/mol. The van der Waals surface area contributed by atoms with Crippen molar-refractivity contribution in [2.75, 3.05) is 17.5 Å². The smallest absolute Gasteiger partial charge is 0.264 e. The Hall–Kier alpha value is -3.27. The molecule has 0 spiro atoms. The first-order valence-corrected chi connectivity index (χ1v) is 17.2. The lowest BCUT2D eigenvalue weighted by Gasteiger charge is -2.35. The van der Waals surface area contributed by atoms with E-state index in [1.54, 1.807) is 49.4 Å². The molecule has 1 atom stereocenters. The van der Waals surface area contributed by atoms with Crippen molar-refractivity contribution in [2.24, 2.45) is 0 Å². The van der Waals surface area contributed by atoms with E-state index in [2.05, 4.69) is 5.32 Å².